The van der Waals surface area contributed by atoms with E-state index in [9.17, 15) is 8.60 Å². The van der Waals surface area contributed by atoms with Crippen LogP contribution in [0.15, 0.2) is 29.2 Å². The average molecular weight is 229 g/mol. The molecule has 0 bridgehead atoms. The van der Waals surface area contributed by atoms with Gasteiger partial charge >= 0.3 is 0 Å². The Balaban J connectivity index is 2.68. The van der Waals surface area contributed by atoms with Gasteiger partial charge in [-0.05, 0) is 31.7 Å². The van der Waals surface area contributed by atoms with Crippen LogP contribution in [-0.2, 0) is 10.8 Å². The Morgan fingerprint density at radius 3 is 2.80 bits per heavy atom. The van der Waals surface area contributed by atoms with Crippen LogP contribution >= 0.6 is 0 Å². The second-order valence-electron chi connectivity index (χ2n) is 3.36. The molecule has 1 aromatic rings. The summed E-state index contributed by atoms with van der Waals surface area (Å²) < 4.78 is 24.7. The number of halogens is 1. The van der Waals surface area contributed by atoms with Crippen molar-refractivity contribution in [2.75, 3.05) is 12.8 Å². The first-order valence-electron chi connectivity index (χ1n) is 4.98. The van der Waals surface area contributed by atoms with Crippen LogP contribution in [0.5, 0.6) is 0 Å². The van der Waals surface area contributed by atoms with Gasteiger partial charge in [0, 0.05) is 16.7 Å². The van der Waals surface area contributed by atoms with Crippen LogP contribution in [0, 0.1) is 5.82 Å². The van der Waals surface area contributed by atoms with Crippen LogP contribution in [0.4, 0.5) is 4.39 Å². The van der Waals surface area contributed by atoms with Gasteiger partial charge in [-0.25, -0.2) is 4.39 Å². The zero-order chi connectivity index (χ0) is 11.3. The molecule has 1 N–H and O–H groups in total. The highest BCUT2D eigenvalue weighted by Crippen LogP contribution is 2.10. The minimum Gasteiger partial charge on any atom is -0.316 e. The molecule has 0 aromatic heterocycles. The summed E-state index contributed by atoms with van der Waals surface area (Å²) in [7, 11) is 0.718. The molecule has 84 valence electrons. The summed E-state index contributed by atoms with van der Waals surface area (Å²) >= 11 is 0. The molecular formula is C11H16FNOS. The number of hydrogen-bond acceptors (Lipinski definition) is 2. The molecule has 15 heavy (non-hydrogen) atoms. The van der Waals surface area contributed by atoms with E-state index in [1.807, 2.05) is 14.0 Å². The molecule has 2 atom stereocenters. The molecule has 1 aromatic carbocycles. The van der Waals surface area contributed by atoms with Crippen molar-refractivity contribution in [3.8, 4) is 0 Å². The van der Waals surface area contributed by atoms with Crippen LogP contribution in [0.25, 0.3) is 0 Å². The second kappa shape index (κ2) is 5.98. The first kappa shape index (κ1) is 12.3. The normalized spacial score (nSPS) is 14.9. The highest BCUT2D eigenvalue weighted by Gasteiger charge is 2.10. The van der Waals surface area contributed by atoms with Gasteiger partial charge in [0.05, 0.1) is 10.8 Å². The largest absolute Gasteiger partial charge is 0.316 e. The molecule has 0 amide bonds. The smallest absolute Gasteiger partial charge is 0.124 e. The third-order valence-corrected chi connectivity index (χ3v) is 3.80. The summed E-state index contributed by atoms with van der Waals surface area (Å²) in [6, 6.07) is 6.19. The number of hydrogen-bond donors (Lipinski definition) is 1. The van der Waals surface area contributed by atoms with E-state index in [2.05, 4.69) is 5.32 Å². The molecule has 2 nitrogen and oxygen atoms in total. The molecule has 0 spiro atoms. The quantitative estimate of drug-likeness (QED) is 0.836. The van der Waals surface area contributed by atoms with Gasteiger partial charge in [0.1, 0.15) is 5.82 Å². The molecule has 0 saturated carbocycles. The highest BCUT2D eigenvalue weighted by molar-refractivity contribution is 7.85. The van der Waals surface area contributed by atoms with E-state index >= 15 is 0 Å². The van der Waals surface area contributed by atoms with Crippen molar-refractivity contribution in [2.45, 2.75) is 24.3 Å². The van der Waals surface area contributed by atoms with Crippen molar-refractivity contribution in [1.29, 1.82) is 0 Å². The molecule has 0 aliphatic heterocycles. The average Bonchev–Trinajstić information content (AvgIpc) is 2.25. The Morgan fingerprint density at radius 1 is 1.53 bits per heavy atom. The van der Waals surface area contributed by atoms with Crippen LogP contribution < -0.4 is 5.32 Å². The summed E-state index contributed by atoms with van der Waals surface area (Å²) in [6.45, 7) is 2.03. The van der Waals surface area contributed by atoms with Crippen molar-refractivity contribution in [1.82, 2.24) is 5.32 Å². The predicted octanol–water partition coefficient (Wildman–Crippen LogP) is 1.93. The maximum atomic E-state index is 12.9. The van der Waals surface area contributed by atoms with Crippen molar-refractivity contribution >= 4 is 10.8 Å². The molecule has 0 fully saturated rings. The van der Waals surface area contributed by atoms with Gasteiger partial charge in [-0.3, -0.25) is 4.21 Å². The van der Waals surface area contributed by atoms with E-state index in [4.69, 9.17) is 0 Å². The molecule has 0 heterocycles. The third kappa shape index (κ3) is 3.72. The van der Waals surface area contributed by atoms with Crippen LogP contribution in [0.3, 0.4) is 0 Å². The molecule has 0 saturated heterocycles. The molecule has 0 aliphatic carbocycles. The summed E-state index contributed by atoms with van der Waals surface area (Å²) in [5.41, 5.74) is 0. The fraction of sp³-hybridized carbons (Fsp3) is 0.455. The molecular weight excluding hydrogens is 213 g/mol. The van der Waals surface area contributed by atoms with Gasteiger partial charge in [0.25, 0.3) is 0 Å². The topological polar surface area (TPSA) is 29.1 Å². The molecule has 0 radical (unpaired) electrons. The zero-order valence-corrected chi connectivity index (χ0v) is 9.81. The van der Waals surface area contributed by atoms with Gasteiger partial charge in [0.2, 0.25) is 0 Å². The van der Waals surface area contributed by atoms with E-state index in [0.717, 1.165) is 6.42 Å². The van der Waals surface area contributed by atoms with Crippen LogP contribution in [0.2, 0.25) is 0 Å². The highest BCUT2D eigenvalue weighted by atomic mass is 32.2. The first-order chi connectivity index (χ1) is 7.17. The third-order valence-electron chi connectivity index (χ3n) is 2.31. The fourth-order valence-electron chi connectivity index (χ4n) is 1.29. The Morgan fingerprint density at radius 2 is 2.27 bits per heavy atom. The summed E-state index contributed by atoms with van der Waals surface area (Å²) in [6.07, 6.45) is 0.914. The van der Waals surface area contributed by atoms with Crippen molar-refractivity contribution in [2.24, 2.45) is 0 Å². The van der Waals surface area contributed by atoms with E-state index in [-0.39, 0.29) is 11.9 Å². The van der Waals surface area contributed by atoms with Gasteiger partial charge in [-0.1, -0.05) is 13.0 Å². The number of rotatable bonds is 5. The lowest BCUT2D eigenvalue weighted by atomic mass is 10.3. The van der Waals surface area contributed by atoms with Crippen LogP contribution in [-0.4, -0.2) is 23.1 Å². The monoisotopic (exact) mass is 229 g/mol. The fourth-order valence-corrected chi connectivity index (χ4v) is 2.73. The summed E-state index contributed by atoms with van der Waals surface area (Å²) in [4.78, 5) is 0.559. The Bertz CT molecular complexity index is 339. The molecule has 0 aliphatic rings. The molecule has 2 unspecified atom stereocenters. The minimum absolute atomic E-state index is 0.217. The molecule has 1 rings (SSSR count). The summed E-state index contributed by atoms with van der Waals surface area (Å²) in [5.74, 6) is 0.189. The number of nitrogens with one attached hydrogen (secondary N) is 1. The predicted molar refractivity (Wildman–Crippen MR) is 60.8 cm³/mol. The summed E-state index contributed by atoms with van der Waals surface area (Å²) in [5, 5.41) is 3.08. The number of benzene rings is 1. The molecule has 4 heteroatoms. The Labute approximate surface area is 92.3 Å². The van der Waals surface area contributed by atoms with E-state index in [1.54, 1.807) is 12.1 Å². The van der Waals surface area contributed by atoms with Crippen molar-refractivity contribution < 1.29 is 8.60 Å². The lowest BCUT2D eigenvalue weighted by Crippen LogP contribution is -2.30. The van der Waals surface area contributed by atoms with E-state index in [1.165, 1.54) is 12.1 Å². The SMILES string of the molecule is CCC(CS(=O)c1cccc(F)c1)NC. The maximum Gasteiger partial charge on any atom is 0.124 e. The second-order valence-corrected chi connectivity index (χ2v) is 4.86. The Kier molecular flexibility index (Phi) is 4.91. The van der Waals surface area contributed by atoms with E-state index in [0.29, 0.717) is 10.6 Å². The maximum absolute atomic E-state index is 12.9. The van der Waals surface area contributed by atoms with E-state index < -0.39 is 10.8 Å². The van der Waals surface area contributed by atoms with Crippen molar-refractivity contribution in [3.63, 3.8) is 0 Å². The van der Waals surface area contributed by atoms with Gasteiger partial charge in [-0.15, -0.1) is 0 Å². The van der Waals surface area contributed by atoms with Crippen molar-refractivity contribution in [3.05, 3.63) is 30.1 Å². The van der Waals surface area contributed by atoms with Crippen LogP contribution in [0.1, 0.15) is 13.3 Å². The first-order valence-corrected chi connectivity index (χ1v) is 6.30. The van der Waals surface area contributed by atoms with Gasteiger partial charge in [0.15, 0.2) is 0 Å². The van der Waals surface area contributed by atoms with Gasteiger partial charge < -0.3 is 5.32 Å². The lowest BCUT2D eigenvalue weighted by molar-refractivity contribution is 0.589. The van der Waals surface area contributed by atoms with Gasteiger partial charge in [-0.2, -0.15) is 0 Å². The minimum atomic E-state index is -1.13. The lowest BCUT2D eigenvalue weighted by Gasteiger charge is -2.12. The Hall–Kier alpha value is -0.740. The zero-order valence-electron chi connectivity index (χ0n) is 9.00. The standard InChI is InChI=1S/C11H16FNOS/c1-3-10(13-2)8-15(14)11-6-4-5-9(12)7-11/h4-7,10,13H,3,8H2,1-2H3.